The van der Waals surface area contributed by atoms with Crippen molar-refractivity contribution in [2.75, 3.05) is 13.6 Å². The van der Waals surface area contributed by atoms with Crippen LogP contribution in [0.5, 0.6) is 0 Å². The third-order valence-corrected chi connectivity index (χ3v) is 4.38. The van der Waals surface area contributed by atoms with Crippen molar-refractivity contribution in [2.45, 2.75) is 57.9 Å². The van der Waals surface area contributed by atoms with Crippen LogP contribution < -0.4 is 5.32 Å². The van der Waals surface area contributed by atoms with E-state index >= 15 is 0 Å². The highest BCUT2D eigenvalue weighted by Gasteiger charge is 2.19. The maximum atomic E-state index is 12.4. The van der Waals surface area contributed by atoms with Gasteiger partial charge in [-0.3, -0.25) is 14.6 Å². The summed E-state index contributed by atoms with van der Waals surface area (Å²) in [5.74, 6) is -0.240. The van der Waals surface area contributed by atoms with Crippen LogP contribution in [-0.2, 0) is 0 Å². The summed E-state index contributed by atoms with van der Waals surface area (Å²) in [6, 6.07) is 3.53. The number of hydrogen-bond acceptors (Lipinski definition) is 3. The van der Waals surface area contributed by atoms with Crippen molar-refractivity contribution in [3.8, 4) is 0 Å². The van der Waals surface area contributed by atoms with Gasteiger partial charge in [-0.15, -0.1) is 0 Å². The number of aromatic nitrogens is 1. The number of amides is 2. The Labute approximate surface area is 138 Å². The van der Waals surface area contributed by atoms with Crippen molar-refractivity contribution >= 4 is 11.8 Å². The van der Waals surface area contributed by atoms with Gasteiger partial charge in [-0.2, -0.15) is 0 Å². The maximum absolute atomic E-state index is 12.4. The van der Waals surface area contributed by atoms with Crippen molar-refractivity contribution in [1.29, 1.82) is 0 Å². The zero-order chi connectivity index (χ0) is 16.7. The van der Waals surface area contributed by atoms with E-state index in [0.717, 1.165) is 25.7 Å². The molecule has 1 N–H and O–H groups in total. The molecule has 1 aliphatic carbocycles. The summed E-state index contributed by atoms with van der Waals surface area (Å²) < 4.78 is 0. The van der Waals surface area contributed by atoms with Gasteiger partial charge in [0.15, 0.2) is 0 Å². The standard InChI is InChI=1S/C18H27N3O2/c1-3-4-12-21(2)18(23)16-13-14(10-11-19-16)17(22)20-15-8-6-5-7-9-15/h10-11,13,15H,3-9,12H2,1-2H3,(H,20,22). The summed E-state index contributed by atoms with van der Waals surface area (Å²) >= 11 is 0. The van der Waals surface area contributed by atoms with Gasteiger partial charge in [0.25, 0.3) is 11.8 Å². The van der Waals surface area contributed by atoms with Crippen LogP contribution in [-0.4, -0.2) is 41.3 Å². The predicted molar refractivity (Wildman–Crippen MR) is 90.4 cm³/mol. The molecule has 0 aliphatic heterocycles. The first-order valence-corrected chi connectivity index (χ1v) is 8.64. The van der Waals surface area contributed by atoms with Crippen LogP contribution in [0.2, 0.25) is 0 Å². The van der Waals surface area contributed by atoms with Gasteiger partial charge in [0.2, 0.25) is 0 Å². The summed E-state index contributed by atoms with van der Waals surface area (Å²) in [6.07, 6.45) is 9.23. The topological polar surface area (TPSA) is 62.3 Å². The summed E-state index contributed by atoms with van der Waals surface area (Å²) in [5.41, 5.74) is 0.845. The molecular weight excluding hydrogens is 290 g/mol. The van der Waals surface area contributed by atoms with Crippen LogP contribution in [0.4, 0.5) is 0 Å². The van der Waals surface area contributed by atoms with Crippen LogP contribution in [0.15, 0.2) is 18.3 Å². The van der Waals surface area contributed by atoms with Gasteiger partial charge in [0, 0.05) is 31.4 Å². The molecule has 1 aromatic rings. The molecule has 1 aliphatic rings. The lowest BCUT2D eigenvalue weighted by Crippen LogP contribution is -2.36. The fourth-order valence-electron chi connectivity index (χ4n) is 2.90. The largest absolute Gasteiger partial charge is 0.349 e. The maximum Gasteiger partial charge on any atom is 0.272 e. The summed E-state index contributed by atoms with van der Waals surface area (Å²) in [6.45, 7) is 2.79. The van der Waals surface area contributed by atoms with E-state index < -0.39 is 0 Å². The van der Waals surface area contributed by atoms with Crippen LogP contribution >= 0.6 is 0 Å². The molecule has 1 aromatic heterocycles. The quantitative estimate of drug-likeness (QED) is 0.877. The molecule has 0 radical (unpaired) electrons. The van der Waals surface area contributed by atoms with E-state index in [0.29, 0.717) is 17.8 Å². The first-order chi connectivity index (χ1) is 11.1. The number of carbonyl (C=O) groups excluding carboxylic acids is 2. The van der Waals surface area contributed by atoms with Gasteiger partial charge in [0.05, 0.1) is 0 Å². The molecule has 0 unspecified atom stereocenters. The Hall–Kier alpha value is -1.91. The van der Waals surface area contributed by atoms with Crippen LogP contribution in [0.3, 0.4) is 0 Å². The number of rotatable bonds is 6. The van der Waals surface area contributed by atoms with Gasteiger partial charge in [-0.05, 0) is 31.4 Å². The van der Waals surface area contributed by atoms with E-state index in [-0.39, 0.29) is 17.9 Å². The number of hydrogen-bond donors (Lipinski definition) is 1. The predicted octanol–water partition coefficient (Wildman–Crippen LogP) is 3.02. The second-order valence-electron chi connectivity index (χ2n) is 6.32. The molecule has 0 atom stereocenters. The molecule has 0 aromatic carbocycles. The highest BCUT2D eigenvalue weighted by atomic mass is 16.2. The normalized spacial score (nSPS) is 15.2. The van der Waals surface area contributed by atoms with Crippen molar-refractivity contribution in [1.82, 2.24) is 15.2 Å². The first kappa shape index (κ1) is 17.4. The van der Waals surface area contributed by atoms with Gasteiger partial charge < -0.3 is 10.2 Å². The minimum absolute atomic E-state index is 0.107. The zero-order valence-electron chi connectivity index (χ0n) is 14.2. The minimum Gasteiger partial charge on any atom is -0.349 e. The van der Waals surface area contributed by atoms with Crippen LogP contribution in [0.1, 0.15) is 72.7 Å². The summed E-state index contributed by atoms with van der Waals surface area (Å²) in [5, 5.41) is 3.07. The fourth-order valence-corrected chi connectivity index (χ4v) is 2.90. The lowest BCUT2D eigenvalue weighted by molar-refractivity contribution is 0.0787. The van der Waals surface area contributed by atoms with Gasteiger partial charge in [-0.1, -0.05) is 32.6 Å². The minimum atomic E-state index is -0.134. The SMILES string of the molecule is CCCCN(C)C(=O)c1cc(C(=O)NC2CCCCC2)ccn1. The zero-order valence-corrected chi connectivity index (χ0v) is 14.2. The molecule has 1 fully saturated rings. The van der Waals surface area contributed by atoms with E-state index in [1.165, 1.54) is 25.5 Å². The Kier molecular flexibility index (Phi) is 6.56. The fraction of sp³-hybridized carbons (Fsp3) is 0.611. The number of pyridine rings is 1. The number of nitrogens with one attached hydrogen (secondary N) is 1. The van der Waals surface area contributed by atoms with Crippen molar-refractivity contribution in [3.63, 3.8) is 0 Å². The third kappa shape index (κ3) is 5.05. The van der Waals surface area contributed by atoms with Crippen LogP contribution in [0.25, 0.3) is 0 Å². The summed E-state index contributed by atoms with van der Waals surface area (Å²) in [4.78, 5) is 30.5. The Morgan fingerprint density at radius 1 is 1.30 bits per heavy atom. The lowest BCUT2D eigenvalue weighted by Gasteiger charge is -2.22. The molecule has 1 saturated carbocycles. The molecule has 0 spiro atoms. The number of nitrogens with zero attached hydrogens (tertiary/aromatic N) is 2. The summed E-state index contributed by atoms with van der Waals surface area (Å²) in [7, 11) is 1.77. The van der Waals surface area contributed by atoms with E-state index in [1.54, 1.807) is 24.1 Å². The molecule has 126 valence electrons. The molecular formula is C18H27N3O2. The molecule has 2 amide bonds. The van der Waals surface area contributed by atoms with Crippen molar-refractivity contribution in [2.24, 2.45) is 0 Å². The molecule has 1 heterocycles. The average molecular weight is 317 g/mol. The lowest BCUT2D eigenvalue weighted by atomic mass is 9.95. The highest BCUT2D eigenvalue weighted by molar-refractivity contribution is 5.98. The monoisotopic (exact) mass is 317 g/mol. The molecule has 0 bridgehead atoms. The Bertz CT molecular complexity index is 539. The molecule has 23 heavy (non-hydrogen) atoms. The molecule has 5 heteroatoms. The van der Waals surface area contributed by atoms with E-state index in [1.807, 2.05) is 0 Å². The van der Waals surface area contributed by atoms with E-state index in [2.05, 4.69) is 17.2 Å². The Balaban J connectivity index is 2.00. The second-order valence-corrected chi connectivity index (χ2v) is 6.32. The van der Waals surface area contributed by atoms with Gasteiger partial charge >= 0.3 is 0 Å². The first-order valence-electron chi connectivity index (χ1n) is 8.64. The Morgan fingerprint density at radius 3 is 2.74 bits per heavy atom. The van der Waals surface area contributed by atoms with E-state index in [4.69, 9.17) is 0 Å². The van der Waals surface area contributed by atoms with Crippen LogP contribution in [0, 0.1) is 0 Å². The number of unbranched alkanes of at least 4 members (excludes halogenated alkanes) is 1. The smallest absolute Gasteiger partial charge is 0.272 e. The molecule has 5 nitrogen and oxygen atoms in total. The molecule has 0 saturated heterocycles. The Morgan fingerprint density at radius 2 is 2.04 bits per heavy atom. The van der Waals surface area contributed by atoms with Crippen molar-refractivity contribution < 1.29 is 9.59 Å². The van der Waals surface area contributed by atoms with Gasteiger partial charge in [-0.25, -0.2) is 0 Å². The molecule has 2 rings (SSSR count). The average Bonchev–Trinajstić information content (AvgIpc) is 2.60. The highest BCUT2D eigenvalue weighted by Crippen LogP contribution is 2.18. The number of carbonyl (C=O) groups is 2. The van der Waals surface area contributed by atoms with E-state index in [9.17, 15) is 9.59 Å². The second kappa shape index (κ2) is 8.65. The third-order valence-electron chi connectivity index (χ3n) is 4.38. The van der Waals surface area contributed by atoms with Gasteiger partial charge in [0.1, 0.15) is 5.69 Å². The van der Waals surface area contributed by atoms with Crippen molar-refractivity contribution in [3.05, 3.63) is 29.6 Å².